The third-order valence-corrected chi connectivity index (χ3v) is 3.54. The third kappa shape index (κ3) is 8.10. The van der Waals surface area contributed by atoms with Crippen molar-refractivity contribution in [3.05, 3.63) is 12.7 Å². The SMILES string of the molecule is C=CC[C@@H](C[C@H](NC(=O)[C@@H](N)CC(C)C)C(=O)OCC)C(=O)NC. The molecule has 0 aromatic heterocycles. The van der Waals surface area contributed by atoms with Crippen LogP contribution in [0.4, 0.5) is 0 Å². The van der Waals surface area contributed by atoms with Crippen molar-refractivity contribution in [3.63, 3.8) is 0 Å². The lowest BCUT2D eigenvalue weighted by molar-refractivity contribution is -0.148. The van der Waals surface area contributed by atoms with Crippen LogP contribution in [-0.4, -0.2) is 43.5 Å². The Labute approximate surface area is 144 Å². The van der Waals surface area contributed by atoms with Crippen LogP contribution in [0.5, 0.6) is 0 Å². The molecule has 7 heteroatoms. The first-order valence-electron chi connectivity index (χ1n) is 8.31. The summed E-state index contributed by atoms with van der Waals surface area (Å²) in [5.41, 5.74) is 5.86. The first kappa shape index (κ1) is 22.1. The van der Waals surface area contributed by atoms with Crippen molar-refractivity contribution >= 4 is 17.8 Å². The van der Waals surface area contributed by atoms with Gasteiger partial charge in [0.25, 0.3) is 0 Å². The van der Waals surface area contributed by atoms with Crippen LogP contribution in [0.3, 0.4) is 0 Å². The highest BCUT2D eigenvalue weighted by molar-refractivity contribution is 5.88. The van der Waals surface area contributed by atoms with Gasteiger partial charge in [-0.3, -0.25) is 9.59 Å². The molecule has 0 heterocycles. The zero-order chi connectivity index (χ0) is 18.7. The summed E-state index contributed by atoms with van der Waals surface area (Å²) in [6.07, 6.45) is 2.63. The van der Waals surface area contributed by atoms with E-state index in [-0.39, 0.29) is 24.9 Å². The van der Waals surface area contributed by atoms with Gasteiger partial charge >= 0.3 is 5.97 Å². The minimum atomic E-state index is -0.919. The molecular formula is C17H31N3O4. The Hall–Kier alpha value is -1.89. The normalized spacial score (nSPS) is 14.4. The van der Waals surface area contributed by atoms with Crippen LogP contribution in [0.1, 0.15) is 40.0 Å². The van der Waals surface area contributed by atoms with E-state index in [2.05, 4.69) is 17.2 Å². The second kappa shape index (κ2) is 11.6. The Bertz CT molecular complexity index is 438. The predicted octanol–water partition coefficient (Wildman–Crippen LogP) is 0.736. The smallest absolute Gasteiger partial charge is 0.328 e. The van der Waals surface area contributed by atoms with E-state index in [0.717, 1.165) is 0 Å². The summed E-state index contributed by atoms with van der Waals surface area (Å²) in [4.78, 5) is 36.3. The quantitative estimate of drug-likeness (QED) is 0.379. The van der Waals surface area contributed by atoms with Crippen LogP contribution < -0.4 is 16.4 Å². The molecule has 0 rings (SSSR count). The van der Waals surface area contributed by atoms with Crippen LogP contribution in [0.25, 0.3) is 0 Å². The van der Waals surface area contributed by atoms with Crippen molar-refractivity contribution < 1.29 is 19.1 Å². The van der Waals surface area contributed by atoms with Crippen LogP contribution in [0.2, 0.25) is 0 Å². The maximum Gasteiger partial charge on any atom is 0.328 e. The molecule has 0 radical (unpaired) electrons. The van der Waals surface area contributed by atoms with Crippen molar-refractivity contribution in [2.24, 2.45) is 17.6 Å². The Balaban J connectivity index is 5.08. The van der Waals surface area contributed by atoms with Crippen molar-refractivity contribution in [2.45, 2.75) is 52.1 Å². The lowest BCUT2D eigenvalue weighted by atomic mass is 9.95. The molecule has 0 fully saturated rings. The molecule has 0 aliphatic heterocycles. The Kier molecular flexibility index (Phi) is 10.7. The molecule has 0 aromatic carbocycles. The third-order valence-electron chi connectivity index (χ3n) is 3.54. The molecule has 24 heavy (non-hydrogen) atoms. The molecular weight excluding hydrogens is 310 g/mol. The number of esters is 1. The molecule has 0 bridgehead atoms. The fourth-order valence-corrected chi connectivity index (χ4v) is 2.35. The number of rotatable bonds is 11. The van der Waals surface area contributed by atoms with E-state index < -0.39 is 29.9 Å². The van der Waals surface area contributed by atoms with Gasteiger partial charge in [0.15, 0.2) is 0 Å². The van der Waals surface area contributed by atoms with E-state index in [1.165, 1.54) is 7.05 Å². The molecule has 7 nitrogen and oxygen atoms in total. The zero-order valence-corrected chi connectivity index (χ0v) is 15.1. The summed E-state index contributed by atoms with van der Waals surface area (Å²) >= 11 is 0. The number of hydrogen-bond acceptors (Lipinski definition) is 5. The number of carbonyl (C=O) groups is 3. The van der Waals surface area contributed by atoms with Gasteiger partial charge in [0.1, 0.15) is 6.04 Å². The zero-order valence-electron chi connectivity index (χ0n) is 15.1. The Morgan fingerprint density at radius 1 is 1.21 bits per heavy atom. The minimum absolute atomic E-state index is 0.130. The number of ether oxygens (including phenoxy) is 1. The second-order valence-corrected chi connectivity index (χ2v) is 6.12. The monoisotopic (exact) mass is 341 g/mol. The summed E-state index contributed by atoms with van der Waals surface area (Å²) in [7, 11) is 1.52. The Morgan fingerprint density at radius 2 is 1.83 bits per heavy atom. The average molecular weight is 341 g/mol. The second-order valence-electron chi connectivity index (χ2n) is 6.12. The highest BCUT2D eigenvalue weighted by atomic mass is 16.5. The first-order valence-corrected chi connectivity index (χ1v) is 8.31. The van der Waals surface area contributed by atoms with Crippen LogP contribution in [0, 0.1) is 11.8 Å². The van der Waals surface area contributed by atoms with E-state index in [4.69, 9.17) is 10.5 Å². The summed E-state index contributed by atoms with van der Waals surface area (Å²) < 4.78 is 5.01. The molecule has 2 amide bonds. The number of amides is 2. The number of hydrogen-bond donors (Lipinski definition) is 3. The van der Waals surface area contributed by atoms with Crippen LogP contribution in [0.15, 0.2) is 12.7 Å². The summed E-state index contributed by atoms with van der Waals surface area (Å²) in [6.45, 7) is 9.42. The van der Waals surface area contributed by atoms with E-state index >= 15 is 0 Å². The van der Waals surface area contributed by atoms with E-state index in [1.807, 2.05) is 13.8 Å². The van der Waals surface area contributed by atoms with Gasteiger partial charge in [-0.1, -0.05) is 19.9 Å². The van der Waals surface area contributed by atoms with Gasteiger partial charge in [0, 0.05) is 13.0 Å². The highest BCUT2D eigenvalue weighted by Crippen LogP contribution is 2.14. The van der Waals surface area contributed by atoms with Gasteiger partial charge in [-0.15, -0.1) is 6.58 Å². The first-order chi connectivity index (χ1) is 11.3. The van der Waals surface area contributed by atoms with Gasteiger partial charge < -0.3 is 21.1 Å². The maximum atomic E-state index is 12.2. The van der Waals surface area contributed by atoms with E-state index in [1.54, 1.807) is 13.0 Å². The Morgan fingerprint density at radius 3 is 2.29 bits per heavy atom. The summed E-state index contributed by atoms with van der Waals surface area (Å²) in [5, 5.41) is 5.17. The van der Waals surface area contributed by atoms with Gasteiger partial charge in [-0.05, 0) is 32.1 Å². The maximum absolute atomic E-state index is 12.2. The van der Waals surface area contributed by atoms with Gasteiger partial charge in [-0.2, -0.15) is 0 Å². The number of carbonyl (C=O) groups excluding carboxylic acids is 3. The lowest BCUT2D eigenvalue weighted by Crippen LogP contribution is -2.50. The van der Waals surface area contributed by atoms with Crippen LogP contribution in [-0.2, 0) is 19.1 Å². The van der Waals surface area contributed by atoms with Gasteiger partial charge in [-0.25, -0.2) is 4.79 Å². The van der Waals surface area contributed by atoms with Crippen LogP contribution >= 0.6 is 0 Å². The number of nitrogens with two attached hydrogens (primary N) is 1. The molecule has 3 atom stereocenters. The number of allylic oxidation sites excluding steroid dienone is 1. The van der Waals surface area contributed by atoms with Crippen molar-refractivity contribution in [3.8, 4) is 0 Å². The van der Waals surface area contributed by atoms with E-state index in [9.17, 15) is 14.4 Å². The van der Waals surface area contributed by atoms with Crippen molar-refractivity contribution in [1.29, 1.82) is 0 Å². The van der Waals surface area contributed by atoms with E-state index in [0.29, 0.717) is 12.8 Å². The fraction of sp³-hybridized carbons (Fsp3) is 0.706. The van der Waals surface area contributed by atoms with Crippen molar-refractivity contribution in [2.75, 3.05) is 13.7 Å². The highest BCUT2D eigenvalue weighted by Gasteiger charge is 2.30. The predicted molar refractivity (Wildman–Crippen MR) is 93.0 cm³/mol. The molecule has 0 saturated carbocycles. The topological polar surface area (TPSA) is 111 Å². The lowest BCUT2D eigenvalue weighted by Gasteiger charge is -2.23. The molecule has 0 aliphatic carbocycles. The summed E-state index contributed by atoms with van der Waals surface area (Å²) in [6, 6.07) is -1.63. The molecule has 138 valence electrons. The van der Waals surface area contributed by atoms with Crippen molar-refractivity contribution in [1.82, 2.24) is 10.6 Å². The van der Waals surface area contributed by atoms with Gasteiger partial charge in [0.05, 0.1) is 12.6 Å². The minimum Gasteiger partial charge on any atom is -0.464 e. The fourth-order valence-electron chi connectivity index (χ4n) is 2.35. The molecule has 0 spiro atoms. The van der Waals surface area contributed by atoms with Gasteiger partial charge in [0.2, 0.25) is 11.8 Å². The molecule has 0 aromatic rings. The average Bonchev–Trinajstić information content (AvgIpc) is 2.52. The molecule has 0 saturated heterocycles. The standard InChI is InChI=1S/C17H31N3O4/c1-6-8-12(15(21)19-5)10-14(17(23)24-7-2)20-16(22)13(18)9-11(3)4/h6,11-14H,1,7-10,18H2,2-5H3,(H,19,21)(H,20,22)/t12-,13-,14-/m0/s1. The number of nitrogens with one attached hydrogen (secondary N) is 2. The molecule has 0 unspecified atom stereocenters. The molecule has 0 aliphatic rings. The summed E-state index contributed by atoms with van der Waals surface area (Å²) in [5.74, 6) is -1.43. The molecule has 4 N–H and O–H groups in total. The largest absolute Gasteiger partial charge is 0.464 e.